The van der Waals surface area contributed by atoms with Crippen LogP contribution in [0.25, 0.3) is 0 Å². The van der Waals surface area contributed by atoms with Gasteiger partial charge in [0.1, 0.15) is 18.7 Å². The van der Waals surface area contributed by atoms with E-state index in [1.807, 2.05) is 32.9 Å². The van der Waals surface area contributed by atoms with Gasteiger partial charge in [0.15, 0.2) is 5.78 Å². The number of carbonyl (C=O) groups excluding carboxylic acids is 3. The van der Waals surface area contributed by atoms with Gasteiger partial charge < -0.3 is 19.9 Å². The molecule has 7 heteroatoms. The number of benzene rings is 1. The quantitative estimate of drug-likeness (QED) is 0.721. The summed E-state index contributed by atoms with van der Waals surface area (Å²) >= 11 is 0. The van der Waals surface area contributed by atoms with E-state index in [9.17, 15) is 14.4 Å². The van der Waals surface area contributed by atoms with Crippen LogP contribution in [0.1, 0.15) is 74.7 Å². The van der Waals surface area contributed by atoms with Gasteiger partial charge in [-0.3, -0.25) is 14.4 Å². The molecule has 4 fully saturated rings. The maximum Gasteiger partial charge on any atom is 0.251 e. The zero-order valence-corrected chi connectivity index (χ0v) is 20.6. The summed E-state index contributed by atoms with van der Waals surface area (Å²) in [5.41, 5.74) is 1.35. The predicted octanol–water partition coefficient (Wildman–Crippen LogP) is 2.74. The lowest BCUT2D eigenvalue weighted by atomic mass is 9.85. The topological polar surface area (TPSA) is 79.0 Å². The second-order valence-electron chi connectivity index (χ2n) is 11.5. The molecule has 0 radical (unpaired) electrons. The number of likely N-dealkylation sites (tertiary alicyclic amines) is 2. The zero-order valence-electron chi connectivity index (χ0n) is 20.6. The van der Waals surface area contributed by atoms with E-state index < -0.39 is 17.5 Å². The molecule has 0 spiro atoms. The van der Waals surface area contributed by atoms with Crippen molar-refractivity contribution in [2.75, 3.05) is 26.2 Å². The van der Waals surface area contributed by atoms with Crippen molar-refractivity contribution < 1.29 is 19.1 Å². The van der Waals surface area contributed by atoms with Gasteiger partial charge in [-0.2, -0.15) is 0 Å². The highest BCUT2D eigenvalue weighted by atomic mass is 16.5. The van der Waals surface area contributed by atoms with Crippen molar-refractivity contribution in [3.63, 3.8) is 0 Å². The minimum Gasteiger partial charge on any atom is -0.368 e. The maximum absolute atomic E-state index is 13.5. The summed E-state index contributed by atoms with van der Waals surface area (Å²) in [6.07, 6.45) is 5.50. The molecule has 1 N–H and O–H groups in total. The van der Waals surface area contributed by atoms with Crippen LogP contribution in [0.5, 0.6) is 0 Å². The predicted molar refractivity (Wildman–Crippen MR) is 129 cm³/mol. The molecule has 5 rings (SSSR count). The molecule has 1 aromatic carbocycles. The van der Waals surface area contributed by atoms with E-state index in [-0.39, 0.29) is 30.3 Å². The molecule has 1 unspecified atom stereocenters. The molecule has 184 valence electrons. The molecule has 1 saturated carbocycles. The fourth-order valence-electron chi connectivity index (χ4n) is 5.81. The van der Waals surface area contributed by atoms with E-state index in [1.54, 1.807) is 4.90 Å². The largest absolute Gasteiger partial charge is 0.368 e. The average Bonchev–Trinajstić information content (AvgIpc) is 3.48. The van der Waals surface area contributed by atoms with E-state index in [1.165, 1.54) is 44.3 Å². The lowest BCUT2D eigenvalue weighted by Gasteiger charge is -2.35. The molecule has 1 aliphatic carbocycles. The lowest BCUT2D eigenvalue weighted by Crippen LogP contribution is -2.57. The Hall–Kier alpha value is -2.25. The molecule has 1 aromatic rings. The molecule has 3 heterocycles. The summed E-state index contributed by atoms with van der Waals surface area (Å²) in [7, 11) is 0. The number of nitrogens with zero attached hydrogens (tertiary/aromatic N) is 2. The highest BCUT2D eigenvalue weighted by Gasteiger charge is 2.49. The molecule has 7 nitrogen and oxygen atoms in total. The van der Waals surface area contributed by atoms with Crippen LogP contribution in [0.3, 0.4) is 0 Å². The van der Waals surface area contributed by atoms with Crippen LogP contribution in [0.2, 0.25) is 0 Å². The molecule has 2 amide bonds. The first-order valence-corrected chi connectivity index (χ1v) is 12.8. The maximum atomic E-state index is 13.5. The van der Waals surface area contributed by atoms with Gasteiger partial charge in [0.05, 0.1) is 6.10 Å². The summed E-state index contributed by atoms with van der Waals surface area (Å²) in [6, 6.07) is 7.49. The van der Waals surface area contributed by atoms with E-state index in [4.69, 9.17) is 4.74 Å². The first kappa shape index (κ1) is 23.5. The SMILES string of the molecule is CC(C)(C)C(NC(=O)c1ccc(C2CCN(C3CC3)CC2)cc1)C(=O)N1CC[C@H]2OCC(=O)[C@H]21. The van der Waals surface area contributed by atoms with Crippen molar-refractivity contribution in [1.82, 2.24) is 15.1 Å². The Labute approximate surface area is 202 Å². The number of piperidine rings is 1. The second kappa shape index (κ2) is 9.08. The number of Topliss-reactive ketones (excluding diaryl/α,β-unsaturated/α-hetero) is 1. The summed E-state index contributed by atoms with van der Waals surface area (Å²) in [4.78, 5) is 43.2. The van der Waals surface area contributed by atoms with Crippen LogP contribution in [0, 0.1) is 5.41 Å². The van der Waals surface area contributed by atoms with Crippen molar-refractivity contribution in [1.29, 1.82) is 0 Å². The van der Waals surface area contributed by atoms with Crippen LogP contribution < -0.4 is 5.32 Å². The summed E-state index contributed by atoms with van der Waals surface area (Å²) in [5.74, 6) is 0.0399. The Bertz CT molecular complexity index is 942. The monoisotopic (exact) mass is 467 g/mol. The van der Waals surface area contributed by atoms with Crippen molar-refractivity contribution >= 4 is 17.6 Å². The fourth-order valence-corrected chi connectivity index (χ4v) is 5.81. The number of ketones is 1. The van der Waals surface area contributed by atoms with E-state index >= 15 is 0 Å². The number of hydrogen-bond donors (Lipinski definition) is 1. The Morgan fingerprint density at radius 1 is 1.00 bits per heavy atom. The molecule has 3 saturated heterocycles. The van der Waals surface area contributed by atoms with E-state index in [2.05, 4.69) is 22.3 Å². The van der Waals surface area contributed by atoms with Crippen molar-refractivity contribution in [2.45, 2.75) is 83.0 Å². The number of amides is 2. The van der Waals surface area contributed by atoms with Gasteiger partial charge in [-0.15, -0.1) is 0 Å². The van der Waals surface area contributed by atoms with Crippen LogP contribution in [-0.4, -0.2) is 77.9 Å². The van der Waals surface area contributed by atoms with Gasteiger partial charge in [-0.25, -0.2) is 0 Å². The smallest absolute Gasteiger partial charge is 0.251 e. The van der Waals surface area contributed by atoms with Crippen LogP contribution in [0.15, 0.2) is 24.3 Å². The van der Waals surface area contributed by atoms with Crippen molar-refractivity contribution in [2.24, 2.45) is 5.41 Å². The number of fused-ring (bicyclic) bond motifs is 1. The van der Waals surface area contributed by atoms with Gasteiger partial charge in [0.2, 0.25) is 5.91 Å². The van der Waals surface area contributed by atoms with Gasteiger partial charge in [-0.05, 0) is 74.2 Å². The molecule has 0 bridgehead atoms. The Morgan fingerprint density at radius 2 is 1.68 bits per heavy atom. The molecule has 3 atom stereocenters. The zero-order chi connectivity index (χ0) is 24.0. The summed E-state index contributed by atoms with van der Waals surface area (Å²) in [6.45, 7) is 8.69. The minimum atomic E-state index is -0.724. The van der Waals surface area contributed by atoms with E-state index in [0.29, 0.717) is 24.4 Å². The molecule has 4 aliphatic rings. The van der Waals surface area contributed by atoms with Gasteiger partial charge in [0.25, 0.3) is 5.91 Å². The summed E-state index contributed by atoms with van der Waals surface area (Å²) in [5, 5.41) is 2.98. The average molecular weight is 468 g/mol. The first-order valence-electron chi connectivity index (χ1n) is 12.8. The molecular formula is C27H37N3O4. The number of carbonyl (C=O) groups is 3. The Morgan fingerprint density at radius 3 is 2.29 bits per heavy atom. The molecular weight excluding hydrogens is 430 g/mol. The van der Waals surface area contributed by atoms with E-state index in [0.717, 1.165) is 6.04 Å². The number of rotatable bonds is 5. The third-order valence-corrected chi connectivity index (χ3v) is 8.02. The highest BCUT2D eigenvalue weighted by molar-refractivity contribution is 5.99. The van der Waals surface area contributed by atoms with Crippen molar-refractivity contribution in [3.8, 4) is 0 Å². The Kier molecular flexibility index (Phi) is 6.27. The number of nitrogens with one attached hydrogen (secondary N) is 1. The number of hydrogen-bond acceptors (Lipinski definition) is 5. The first-order chi connectivity index (χ1) is 16.2. The Balaban J connectivity index is 1.24. The third kappa shape index (κ3) is 4.65. The standard InChI is InChI=1S/C27H37N3O4/c1-27(2,3)24(26(33)30-15-12-22-23(30)21(31)16-34-22)28-25(32)19-6-4-17(5-7-19)18-10-13-29(14-11-18)20-8-9-20/h4-7,18,20,22-24H,8-16H2,1-3H3,(H,28,32)/t22-,23-,24?/m1/s1. The highest BCUT2D eigenvalue weighted by Crippen LogP contribution is 2.35. The number of ether oxygens (including phenoxy) is 1. The van der Waals surface area contributed by atoms with Crippen LogP contribution in [0.4, 0.5) is 0 Å². The summed E-state index contributed by atoms with van der Waals surface area (Å²) < 4.78 is 5.53. The third-order valence-electron chi connectivity index (χ3n) is 8.02. The fraction of sp³-hybridized carbons (Fsp3) is 0.667. The molecule has 0 aromatic heterocycles. The van der Waals surface area contributed by atoms with Crippen LogP contribution >= 0.6 is 0 Å². The van der Waals surface area contributed by atoms with Gasteiger partial charge in [0, 0.05) is 18.2 Å². The minimum absolute atomic E-state index is 0.0478. The normalized spacial score (nSPS) is 27.0. The van der Waals surface area contributed by atoms with Crippen molar-refractivity contribution in [3.05, 3.63) is 35.4 Å². The van der Waals surface area contributed by atoms with Crippen LogP contribution in [-0.2, 0) is 14.3 Å². The lowest BCUT2D eigenvalue weighted by molar-refractivity contribution is -0.140. The van der Waals surface area contributed by atoms with Gasteiger partial charge >= 0.3 is 0 Å². The second-order valence-corrected chi connectivity index (χ2v) is 11.5. The molecule has 34 heavy (non-hydrogen) atoms. The molecule has 3 aliphatic heterocycles. The van der Waals surface area contributed by atoms with Gasteiger partial charge in [-0.1, -0.05) is 32.9 Å².